The molecule has 0 saturated carbocycles. The second-order valence-electron chi connectivity index (χ2n) is 7.90. The van der Waals surface area contributed by atoms with Gasteiger partial charge in [0.05, 0.1) is 17.1 Å². The number of halogens is 3. The summed E-state index contributed by atoms with van der Waals surface area (Å²) >= 11 is 6.91. The smallest absolute Gasteiger partial charge is 0.282 e. The van der Waals surface area contributed by atoms with Gasteiger partial charge in [-0.1, -0.05) is 57.8 Å². The number of fused-ring (bicyclic) bond motifs is 1. The zero-order chi connectivity index (χ0) is 24.2. The molecule has 0 aliphatic rings. The fraction of sp³-hybridized carbons (Fsp3) is 0.192. The summed E-state index contributed by atoms with van der Waals surface area (Å²) in [7, 11) is 0. The molecule has 0 radical (unpaired) electrons. The van der Waals surface area contributed by atoms with Gasteiger partial charge < -0.3 is 4.74 Å². The fourth-order valence-corrected chi connectivity index (χ4v) is 4.13. The van der Waals surface area contributed by atoms with Crippen molar-refractivity contribution in [1.29, 1.82) is 0 Å². The highest BCUT2D eigenvalue weighted by Crippen LogP contribution is 2.24. The number of hydrogen-bond donors (Lipinski definition) is 0. The molecule has 1 heterocycles. The molecule has 8 heteroatoms. The Balaban J connectivity index is 1.73. The van der Waals surface area contributed by atoms with Gasteiger partial charge in [0.25, 0.3) is 5.56 Å². The molecule has 1 aromatic heterocycles. The summed E-state index contributed by atoms with van der Waals surface area (Å²) in [6.07, 6.45) is 2.41. The standard InChI is InChI=1S/C26H22Br2FN3O2/c1-3-16(2)25-31-23-10-6-20(28)13-22(23)26(33)32(25)30-14-18-12-19(27)7-11-24(18)34-15-17-4-8-21(29)9-5-17/h4-14,16H,3,15H2,1-2H3/t16-/m0/s1. The predicted molar refractivity (Wildman–Crippen MR) is 140 cm³/mol. The monoisotopic (exact) mass is 585 g/mol. The van der Waals surface area contributed by atoms with E-state index in [-0.39, 0.29) is 23.9 Å². The Kier molecular flexibility index (Phi) is 7.58. The van der Waals surface area contributed by atoms with E-state index in [0.29, 0.717) is 28.0 Å². The molecule has 0 saturated heterocycles. The second kappa shape index (κ2) is 10.6. The molecule has 3 aromatic carbocycles. The van der Waals surface area contributed by atoms with Crippen molar-refractivity contribution >= 4 is 49.0 Å². The van der Waals surface area contributed by atoms with Crippen LogP contribution in [0.15, 0.2) is 79.5 Å². The molecular formula is C26H22Br2FN3O2. The summed E-state index contributed by atoms with van der Waals surface area (Å²) in [5.74, 6) is 0.932. The molecule has 0 bridgehead atoms. The summed E-state index contributed by atoms with van der Waals surface area (Å²) in [5, 5.41) is 5.03. The lowest BCUT2D eigenvalue weighted by molar-refractivity contribution is 0.305. The third-order valence-corrected chi connectivity index (χ3v) is 6.46. The van der Waals surface area contributed by atoms with Crippen molar-refractivity contribution in [3.8, 4) is 5.75 Å². The molecule has 4 aromatic rings. The van der Waals surface area contributed by atoms with E-state index in [0.717, 1.165) is 20.9 Å². The minimum Gasteiger partial charge on any atom is -0.488 e. The number of aromatic nitrogens is 2. The van der Waals surface area contributed by atoms with Crippen LogP contribution in [0.2, 0.25) is 0 Å². The minimum absolute atomic E-state index is 0.0367. The van der Waals surface area contributed by atoms with Crippen LogP contribution in [-0.4, -0.2) is 15.9 Å². The van der Waals surface area contributed by atoms with Crippen LogP contribution < -0.4 is 10.3 Å². The van der Waals surface area contributed by atoms with Gasteiger partial charge in [-0.25, -0.2) is 9.37 Å². The van der Waals surface area contributed by atoms with E-state index in [9.17, 15) is 9.18 Å². The van der Waals surface area contributed by atoms with Crippen LogP contribution >= 0.6 is 31.9 Å². The first-order chi connectivity index (χ1) is 16.4. The first-order valence-electron chi connectivity index (χ1n) is 10.8. The van der Waals surface area contributed by atoms with Gasteiger partial charge in [0.2, 0.25) is 0 Å². The summed E-state index contributed by atoms with van der Waals surface area (Å²) < 4.78 is 22.2. The molecular weight excluding hydrogens is 565 g/mol. The first kappa shape index (κ1) is 24.3. The Morgan fingerprint density at radius 3 is 2.53 bits per heavy atom. The van der Waals surface area contributed by atoms with Crippen LogP contribution in [0.5, 0.6) is 5.75 Å². The summed E-state index contributed by atoms with van der Waals surface area (Å²) in [6, 6.07) is 17.2. The molecule has 0 aliphatic carbocycles. The largest absolute Gasteiger partial charge is 0.488 e. The Hall–Kier alpha value is -2.84. The minimum atomic E-state index is -0.293. The molecule has 0 fully saturated rings. The first-order valence-corrected chi connectivity index (χ1v) is 12.4. The van der Waals surface area contributed by atoms with Crippen LogP contribution in [0.1, 0.15) is 43.1 Å². The highest BCUT2D eigenvalue weighted by Gasteiger charge is 2.16. The van der Waals surface area contributed by atoms with E-state index in [1.54, 1.807) is 24.4 Å². The Morgan fingerprint density at radius 1 is 1.09 bits per heavy atom. The number of benzene rings is 3. The molecule has 4 rings (SSSR count). The third-order valence-electron chi connectivity index (χ3n) is 5.48. The van der Waals surface area contributed by atoms with Crippen molar-refractivity contribution in [2.45, 2.75) is 32.8 Å². The van der Waals surface area contributed by atoms with Crippen molar-refractivity contribution < 1.29 is 9.13 Å². The molecule has 0 spiro atoms. The Bertz CT molecular complexity index is 1420. The Morgan fingerprint density at radius 2 is 1.79 bits per heavy atom. The van der Waals surface area contributed by atoms with E-state index in [2.05, 4.69) is 37.0 Å². The summed E-state index contributed by atoms with van der Waals surface area (Å²) in [6.45, 7) is 4.34. The third kappa shape index (κ3) is 5.45. The topological polar surface area (TPSA) is 56.5 Å². The lowest BCUT2D eigenvalue weighted by Crippen LogP contribution is -2.23. The average Bonchev–Trinajstić information content (AvgIpc) is 2.83. The molecule has 0 aliphatic heterocycles. The molecule has 0 N–H and O–H groups in total. The van der Waals surface area contributed by atoms with Crippen molar-refractivity contribution in [1.82, 2.24) is 9.66 Å². The number of hydrogen-bond acceptors (Lipinski definition) is 4. The van der Waals surface area contributed by atoms with Gasteiger partial charge in [-0.15, -0.1) is 0 Å². The van der Waals surface area contributed by atoms with E-state index >= 15 is 0 Å². The van der Waals surface area contributed by atoms with Gasteiger partial charge in [-0.05, 0) is 60.5 Å². The predicted octanol–water partition coefficient (Wildman–Crippen LogP) is 7.04. The van der Waals surface area contributed by atoms with Gasteiger partial charge in [0, 0.05) is 20.4 Å². The maximum atomic E-state index is 13.4. The SMILES string of the molecule is CC[C@H](C)c1nc2ccc(Br)cc2c(=O)n1N=Cc1cc(Br)ccc1OCc1ccc(F)cc1. The average molecular weight is 587 g/mol. The molecule has 174 valence electrons. The van der Waals surface area contributed by atoms with Gasteiger partial charge in [0.1, 0.15) is 24.0 Å². The number of rotatable bonds is 7. The summed E-state index contributed by atoms with van der Waals surface area (Å²) in [4.78, 5) is 18.1. The maximum absolute atomic E-state index is 13.4. The number of nitrogens with zero attached hydrogens (tertiary/aromatic N) is 3. The van der Waals surface area contributed by atoms with Crippen LogP contribution in [0, 0.1) is 5.82 Å². The second-order valence-corrected chi connectivity index (χ2v) is 9.73. The lowest BCUT2D eigenvalue weighted by Gasteiger charge is -2.14. The zero-order valence-corrected chi connectivity index (χ0v) is 21.8. The van der Waals surface area contributed by atoms with Gasteiger partial charge in [-0.3, -0.25) is 4.79 Å². The molecule has 5 nitrogen and oxygen atoms in total. The van der Waals surface area contributed by atoms with E-state index in [1.165, 1.54) is 16.8 Å². The van der Waals surface area contributed by atoms with Crippen molar-refractivity contribution in [2.75, 3.05) is 0 Å². The lowest BCUT2D eigenvalue weighted by atomic mass is 10.1. The normalized spacial score (nSPS) is 12.4. The highest BCUT2D eigenvalue weighted by atomic mass is 79.9. The van der Waals surface area contributed by atoms with Crippen LogP contribution in [0.4, 0.5) is 4.39 Å². The maximum Gasteiger partial charge on any atom is 0.282 e. The van der Waals surface area contributed by atoms with Crippen LogP contribution in [0.25, 0.3) is 10.9 Å². The molecule has 1 atom stereocenters. The van der Waals surface area contributed by atoms with Crippen molar-refractivity contribution in [3.05, 3.63) is 103 Å². The highest BCUT2D eigenvalue weighted by molar-refractivity contribution is 9.10. The van der Waals surface area contributed by atoms with E-state index in [4.69, 9.17) is 9.72 Å². The van der Waals surface area contributed by atoms with Gasteiger partial charge in [0.15, 0.2) is 0 Å². The van der Waals surface area contributed by atoms with Gasteiger partial charge >= 0.3 is 0 Å². The molecule has 0 amide bonds. The molecule has 0 unspecified atom stereocenters. The fourth-order valence-electron chi connectivity index (χ4n) is 3.39. The van der Waals surface area contributed by atoms with Gasteiger partial charge in [-0.2, -0.15) is 9.78 Å². The van der Waals surface area contributed by atoms with E-state index in [1.807, 2.05) is 44.2 Å². The Labute approximate surface area is 213 Å². The van der Waals surface area contributed by atoms with Crippen LogP contribution in [-0.2, 0) is 6.61 Å². The van der Waals surface area contributed by atoms with Crippen molar-refractivity contribution in [2.24, 2.45) is 5.10 Å². The van der Waals surface area contributed by atoms with E-state index < -0.39 is 0 Å². The summed E-state index contributed by atoms with van der Waals surface area (Å²) in [5.41, 5.74) is 1.93. The number of ether oxygens (including phenoxy) is 1. The van der Waals surface area contributed by atoms with Crippen LogP contribution in [0.3, 0.4) is 0 Å². The zero-order valence-electron chi connectivity index (χ0n) is 18.6. The molecule has 34 heavy (non-hydrogen) atoms. The quantitative estimate of drug-likeness (QED) is 0.218. The van der Waals surface area contributed by atoms with Crippen molar-refractivity contribution in [3.63, 3.8) is 0 Å².